The molecule has 4 rings (SSSR count). The number of thiophene rings is 2. The van der Waals surface area contributed by atoms with E-state index in [0.29, 0.717) is 4.88 Å². The van der Waals surface area contributed by atoms with E-state index in [1.165, 1.54) is 22.7 Å². The molecule has 7 heteroatoms. The molecular formula is C22H19BrN2O2S2. The van der Waals surface area contributed by atoms with Crippen LogP contribution in [-0.2, 0) is 10.2 Å². The molecule has 3 aromatic rings. The lowest BCUT2D eigenvalue weighted by Gasteiger charge is -2.15. The van der Waals surface area contributed by atoms with Gasteiger partial charge < -0.3 is 5.32 Å². The van der Waals surface area contributed by atoms with Crippen molar-refractivity contribution in [2.75, 3.05) is 5.32 Å². The molecule has 0 saturated heterocycles. The molecule has 3 heterocycles. The fourth-order valence-electron chi connectivity index (χ4n) is 3.08. The van der Waals surface area contributed by atoms with Gasteiger partial charge >= 0.3 is 0 Å². The maximum absolute atomic E-state index is 12.0. The van der Waals surface area contributed by atoms with Crippen LogP contribution in [0.4, 0.5) is 5.69 Å². The van der Waals surface area contributed by atoms with Crippen molar-refractivity contribution in [1.29, 1.82) is 5.26 Å². The van der Waals surface area contributed by atoms with E-state index in [-0.39, 0.29) is 5.91 Å². The number of fused-ring (bicyclic) bond motifs is 1. The zero-order chi connectivity index (χ0) is 21.3. The minimum Gasteiger partial charge on any atom is -0.325 e. The van der Waals surface area contributed by atoms with Crippen molar-refractivity contribution < 1.29 is 9.59 Å². The maximum Gasteiger partial charge on any atom is 0.234 e. The van der Waals surface area contributed by atoms with Crippen molar-refractivity contribution in [3.8, 4) is 16.5 Å². The second-order valence-electron chi connectivity index (χ2n) is 7.30. The molecule has 1 aliphatic heterocycles. The van der Waals surface area contributed by atoms with Gasteiger partial charge in [-0.3, -0.25) is 9.59 Å². The normalized spacial score (nSPS) is 13.7. The van der Waals surface area contributed by atoms with Gasteiger partial charge in [-0.25, -0.2) is 0 Å². The van der Waals surface area contributed by atoms with Crippen LogP contribution in [0.25, 0.3) is 10.4 Å². The lowest BCUT2D eigenvalue weighted by molar-refractivity contribution is -0.119. The Morgan fingerprint density at radius 2 is 1.86 bits per heavy atom. The molecule has 0 fully saturated rings. The van der Waals surface area contributed by atoms with Gasteiger partial charge in [-0.15, -0.1) is 22.7 Å². The first kappa shape index (κ1) is 21.4. The van der Waals surface area contributed by atoms with Crippen molar-refractivity contribution in [3.63, 3.8) is 0 Å². The van der Waals surface area contributed by atoms with Crippen LogP contribution in [0, 0.1) is 25.2 Å². The Labute approximate surface area is 186 Å². The van der Waals surface area contributed by atoms with E-state index >= 15 is 0 Å². The Hall–Kier alpha value is -2.27. The highest BCUT2D eigenvalue weighted by molar-refractivity contribution is 9.11. The highest BCUT2D eigenvalue weighted by Gasteiger charge is 2.38. The number of nitrogens with one attached hydrogen (secondary N) is 1. The summed E-state index contributed by atoms with van der Waals surface area (Å²) in [4.78, 5) is 24.7. The van der Waals surface area contributed by atoms with Crippen molar-refractivity contribution >= 4 is 56.5 Å². The van der Waals surface area contributed by atoms with Crippen molar-refractivity contribution in [2.45, 2.75) is 33.1 Å². The summed E-state index contributed by atoms with van der Waals surface area (Å²) in [5, 5.41) is 11.9. The fraction of sp³-hybridized carbons (Fsp3) is 0.227. The number of aryl methyl sites for hydroxylation is 2. The number of carbonyl (C=O) groups is 2. The lowest BCUT2D eigenvalue weighted by Crippen LogP contribution is -2.26. The molecule has 0 atom stereocenters. The van der Waals surface area contributed by atoms with Gasteiger partial charge in [-0.05, 0) is 90.1 Å². The van der Waals surface area contributed by atoms with Gasteiger partial charge in [0.2, 0.25) is 5.91 Å². The highest BCUT2D eigenvalue weighted by atomic mass is 79.9. The molecule has 0 bridgehead atoms. The predicted molar refractivity (Wildman–Crippen MR) is 123 cm³/mol. The molecule has 0 aliphatic carbocycles. The van der Waals surface area contributed by atoms with Crippen LogP contribution >= 0.6 is 38.6 Å². The van der Waals surface area contributed by atoms with Crippen LogP contribution < -0.4 is 5.32 Å². The van der Waals surface area contributed by atoms with Crippen LogP contribution in [0.1, 0.15) is 45.1 Å². The number of amides is 1. The van der Waals surface area contributed by atoms with E-state index in [1.807, 2.05) is 52.0 Å². The quantitative estimate of drug-likeness (QED) is 0.422. The zero-order valence-corrected chi connectivity index (χ0v) is 19.6. The smallest absolute Gasteiger partial charge is 0.234 e. The van der Waals surface area contributed by atoms with Crippen molar-refractivity contribution in [3.05, 3.63) is 60.6 Å². The van der Waals surface area contributed by atoms with Crippen LogP contribution in [0.15, 0.2) is 34.1 Å². The number of nitriles is 1. The van der Waals surface area contributed by atoms with Gasteiger partial charge in [0.05, 0.1) is 14.1 Å². The molecule has 1 N–H and O–H groups in total. The Bertz CT molecular complexity index is 1130. The van der Waals surface area contributed by atoms with Gasteiger partial charge in [0.25, 0.3) is 0 Å². The summed E-state index contributed by atoms with van der Waals surface area (Å²) in [6.45, 7) is 7.84. The van der Waals surface area contributed by atoms with E-state index < -0.39 is 5.41 Å². The summed E-state index contributed by atoms with van der Waals surface area (Å²) in [6, 6.07) is 12.0. The first-order chi connectivity index (χ1) is 13.7. The molecule has 4 nitrogen and oxygen atoms in total. The van der Waals surface area contributed by atoms with E-state index in [9.17, 15) is 9.59 Å². The van der Waals surface area contributed by atoms with Crippen LogP contribution in [-0.4, -0.2) is 12.2 Å². The molecule has 1 aliphatic rings. The molecular weight excluding hydrogens is 468 g/mol. The minimum atomic E-state index is -0.505. The number of halogens is 1. The van der Waals surface area contributed by atoms with E-state index in [0.717, 1.165) is 47.8 Å². The summed E-state index contributed by atoms with van der Waals surface area (Å²) in [7, 11) is 0. The molecule has 0 unspecified atom stereocenters. The first-order valence-electron chi connectivity index (χ1n) is 8.85. The van der Waals surface area contributed by atoms with E-state index in [2.05, 4.69) is 33.4 Å². The number of hydrogen-bond donors (Lipinski definition) is 1. The van der Waals surface area contributed by atoms with E-state index in [4.69, 9.17) is 5.26 Å². The number of anilines is 1. The second-order valence-corrected chi connectivity index (χ2v) is 10.8. The maximum atomic E-state index is 12.0. The number of hydrogen-bond acceptors (Lipinski definition) is 5. The molecule has 0 saturated carbocycles. The minimum absolute atomic E-state index is 0.0327. The number of rotatable bonds is 2. The molecule has 1 amide bonds. The monoisotopic (exact) mass is 486 g/mol. The zero-order valence-electron chi connectivity index (χ0n) is 16.4. The van der Waals surface area contributed by atoms with Crippen LogP contribution in [0.5, 0.6) is 0 Å². The average Bonchev–Trinajstić information content (AvgIpc) is 3.30. The summed E-state index contributed by atoms with van der Waals surface area (Å²) < 4.78 is 1.05. The van der Waals surface area contributed by atoms with Crippen molar-refractivity contribution in [1.82, 2.24) is 0 Å². The fourth-order valence-corrected chi connectivity index (χ4v) is 5.43. The van der Waals surface area contributed by atoms with Gasteiger partial charge in [0, 0.05) is 10.6 Å². The Kier molecular flexibility index (Phi) is 6.08. The lowest BCUT2D eigenvalue weighted by atomic mass is 9.85. The Morgan fingerprint density at radius 1 is 1.14 bits per heavy atom. The Balaban J connectivity index is 0.000000224. The summed E-state index contributed by atoms with van der Waals surface area (Å²) in [6.07, 6.45) is 0.864. The van der Waals surface area contributed by atoms with Crippen molar-refractivity contribution in [2.24, 2.45) is 0 Å². The molecule has 1 aromatic carbocycles. The Morgan fingerprint density at radius 3 is 2.38 bits per heavy atom. The van der Waals surface area contributed by atoms with Gasteiger partial charge in [-0.2, -0.15) is 5.26 Å². The second kappa shape index (κ2) is 8.23. The largest absolute Gasteiger partial charge is 0.325 e. The molecule has 148 valence electrons. The summed E-state index contributed by atoms with van der Waals surface area (Å²) >= 11 is 6.27. The van der Waals surface area contributed by atoms with E-state index in [1.54, 1.807) is 0 Å². The SMILES string of the molecule is Cc1cc(C#N)sc1-c1ccc2c(c1)C(C)(C)C(=O)N2.Cc1cc(C=O)sc1Br. The number of carbonyl (C=O) groups excluding carboxylic acids is 2. The summed E-state index contributed by atoms with van der Waals surface area (Å²) in [5.74, 6) is 0.0327. The third-order valence-corrected chi connectivity index (χ3v) is 8.04. The van der Waals surface area contributed by atoms with Gasteiger partial charge in [-0.1, -0.05) is 6.07 Å². The van der Waals surface area contributed by atoms with Gasteiger partial charge in [0.1, 0.15) is 10.9 Å². The first-order valence-corrected chi connectivity index (χ1v) is 11.3. The highest BCUT2D eigenvalue weighted by Crippen LogP contribution is 2.41. The molecule has 29 heavy (non-hydrogen) atoms. The third-order valence-electron chi connectivity index (χ3n) is 4.79. The summed E-state index contributed by atoms with van der Waals surface area (Å²) in [5.41, 5.74) is 4.69. The van der Waals surface area contributed by atoms with Gasteiger partial charge in [0.15, 0.2) is 6.29 Å². The van der Waals surface area contributed by atoms with Crippen LogP contribution in [0.2, 0.25) is 0 Å². The number of aldehydes is 1. The third kappa shape index (κ3) is 4.20. The molecule has 0 spiro atoms. The number of benzene rings is 1. The molecule has 0 radical (unpaired) electrons. The topological polar surface area (TPSA) is 70.0 Å². The standard InChI is InChI=1S/C16H14N2OS.C6H5BrOS/c1-9-6-11(8-17)20-14(9)10-4-5-13-12(7-10)16(2,3)15(19)18-13;1-4-2-5(3-8)9-6(4)7/h4-7H,1-3H3,(H,18,19);2-3H,1H3. The van der Waals surface area contributed by atoms with Crippen LogP contribution in [0.3, 0.4) is 0 Å². The predicted octanol–water partition coefficient (Wildman–Crippen LogP) is 6.46. The number of nitrogens with zero attached hydrogens (tertiary/aromatic N) is 1. The molecule has 2 aromatic heterocycles. The average molecular weight is 487 g/mol.